The molecule has 0 unspecified atom stereocenters. The summed E-state index contributed by atoms with van der Waals surface area (Å²) < 4.78 is 0.633. The van der Waals surface area contributed by atoms with Gasteiger partial charge in [-0.3, -0.25) is 4.98 Å². The van der Waals surface area contributed by atoms with Gasteiger partial charge in [-0.05, 0) is 25.3 Å². The predicted molar refractivity (Wildman–Crippen MR) is 73.1 cm³/mol. The van der Waals surface area contributed by atoms with Gasteiger partial charge in [-0.2, -0.15) is 0 Å². The molecule has 0 amide bonds. The van der Waals surface area contributed by atoms with E-state index in [9.17, 15) is 0 Å². The average Bonchev–Trinajstić information content (AvgIpc) is 2.31. The van der Waals surface area contributed by atoms with Gasteiger partial charge in [0, 0.05) is 11.9 Å². The van der Waals surface area contributed by atoms with E-state index in [4.69, 9.17) is 0 Å². The van der Waals surface area contributed by atoms with Crippen molar-refractivity contribution < 1.29 is 18.8 Å². The van der Waals surface area contributed by atoms with Crippen LogP contribution in [0.25, 0.3) is 5.43 Å². The average molecular weight is 456 g/mol. The van der Waals surface area contributed by atoms with Crippen molar-refractivity contribution in [2.75, 3.05) is 6.26 Å². The van der Waals surface area contributed by atoms with Crippen molar-refractivity contribution in [3.05, 3.63) is 35.0 Å². The standard InChI is InChI=1S/C9H11N3S2.ClH.Pt/c1-7-4-3-5-8(11-7)6-10-12-9(13)14-2;;/h3-6H,1-2H3,(H,11,12,13);1H;/q;;+1/p-1. The number of thioether (sulfide) groups is 1. The Hall–Kier alpha value is 0.0383. The van der Waals surface area contributed by atoms with Crippen LogP contribution in [0.4, 0.5) is 0 Å². The van der Waals surface area contributed by atoms with Crippen molar-refractivity contribution in [3.8, 4) is 0 Å². The Morgan fingerprint density at radius 1 is 1.62 bits per heavy atom. The van der Waals surface area contributed by atoms with Crippen LogP contribution in [0.5, 0.6) is 0 Å². The third kappa shape index (κ3) is 7.33. The Kier molecular flexibility index (Phi) is 10.2. The summed E-state index contributed by atoms with van der Waals surface area (Å²) in [6.07, 6.45) is 3.51. The maximum atomic E-state index is 4.61. The Balaban J connectivity index is 0.00000106. The van der Waals surface area contributed by atoms with Crippen molar-refractivity contribution in [3.63, 3.8) is 0 Å². The number of aryl methyl sites for hydroxylation is 1. The summed E-state index contributed by atoms with van der Waals surface area (Å²) in [5.41, 5.74) is 5.61. The van der Waals surface area contributed by atoms with E-state index in [-0.39, 0.29) is 0 Å². The van der Waals surface area contributed by atoms with E-state index >= 15 is 0 Å². The zero-order valence-electron chi connectivity index (χ0n) is 8.70. The van der Waals surface area contributed by atoms with Gasteiger partial charge in [0.25, 0.3) is 0 Å². The van der Waals surface area contributed by atoms with Crippen LogP contribution in [0.1, 0.15) is 11.4 Å². The molecule has 0 aliphatic heterocycles. The number of pyridine rings is 1. The van der Waals surface area contributed by atoms with Crippen molar-refractivity contribution >= 4 is 43.9 Å². The normalized spacial score (nSPS) is 9.56. The van der Waals surface area contributed by atoms with E-state index in [1.165, 1.54) is 11.8 Å². The van der Waals surface area contributed by atoms with Gasteiger partial charge < -0.3 is 10.5 Å². The first kappa shape index (κ1) is 16.0. The van der Waals surface area contributed by atoms with Crippen LogP contribution >= 0.6 is 21.2 Å². The van der Waals surface area contributed by atoms with Gasteiger partial charge in [0.1, 0.15) is 0 Å². The monoisotopic (exact) mass is 455 g/mol. The molecule has 1 aromatic rings. The van der Waals surface area contributed by atoms with Crippen LogP contribution in [0, 0.1) is 6.92 Å². The van der Waals surface area contributed by atoms with Gasteiger partial charge in [-0.25, -0.2) is 0 Å². The molecule has 0 atom stereocenters. The fourth-order valence-electron chi connectivity index (χ4n) is 0.814. The zero-order chi connectivity index (χ0) is 12.4. The molecule has 16 heavy (non-hydrogen) atoms. The molecule has 0 bridgehead atoms. The van der Waals surface area contributed by atoms with E-state index in [0.29, 0.717) is 4.32 Å². The summed E-state index contributed by atoms with van der Waals surface area (Å²) in [6.45, 7) is 1.94. The summed E-state index contributed by atoms with van der Waals surface area (Å²) in [6, 6.07) is 5.75. The maximum absolute atomic E-state index is 4.61. The van der Waals surface area contributed by atoms with Gasteiger partial charge in [0.2, 0.25) is 0 Å². The van der Waals surface area contributed by atoms with E-state index in [1.54, 1.807) is 25.0 Å². The summed E-state index contributed by atoms with van der Waals surface area (Å²) >= 11 is 7.13. The number of halogens is 1. The molecule has 0 saturated heterocycles. The number of hydrogen-bond acceptors (Lipinski definition) is 3. The molecule has 0 radical (unpaired) electrons. The second kappa shape index (κ2) is 10.2. The van der Waals surface area contributed by atoms with Crippen molar-refractivity contribution in [2.45, 2.75) is 6.92 Å². The molecule has 91 valence electrons. The Morgan fingerprint density at radius 2 is 2.31 bits per heavy atom. The molecule has 0 fully saturated rings. The molecule has 3 nitrogen and oxygen atoms in total. The minimum atomic E-state index is 0.633. The molecular weight excluding hydrogens is 445 g/mol. The van der Waals surface area contributed by atoms with Gasteiger partial charge in [-0.15, -0.1) is 0 Å². The molecule has 0 spiro atoms. The molecule has 0 N–H and O–H groups in total. The van der Waals surface area contributed by atoms with Crippen LogP contribution in [-0.2, 0) is 31.0 Å². The number of aromatic nitrogens is 1. The number of hydrogen-bond donors (Lipinski definition) is 0. The van der Waals surface area contributed by atoms with E-state index in [2.05, 4.69) is 37.1 Å². The van der Waals surface area contributed by atoms with E-state index in [1.807, 2.05) is 31.4 Å². The molecule has 0 aliphatic carbocycles. The van der Waals surface area contributed by atoms with Gasteiger partial charge >= 0.3 is 28.2 Å². The Labute approximate surface area is 120 Å². The first-order chi connectivity index (χ1) is 7.72. The van der Waals surface area contributed by atoms with Gasteiger partial charge in [-0.1, -0.05) is 17.8 Å². The van der Waals surface area contributed by atoms with Crippen molar-refractivity contribution in [1.29, 1.82) is 0 Å². The van der Waals surface area contributed by atoms with Crippen LogP contribution in [-0.4, -0.2) is 21.8 Å². The number of thiol groups is 1. The first-order valence-corrected chi connectivity index (χ1v) is 8.60. The van der Waals surface area contributed by atoms with Crippen LogP contribution in [0.15, 0.2) is 23.3 Å². The summed E-state index contributed by atoms with van der Waals surface area (Å²) in [5, 5.41) is 3.86. The molecule has 1 heterocycles. The number of rotatable bonds is 2. The molecule has 0 saturated carbocycles. The molecule has 1 rings (SSSR count). The minimum absolute atomic E-state index is 0.633. The van der Waals surface area contributed by atoms with E-state index in [0.717, 1.165) is 11.4 Å². The Morgan fingerprint density at radius 3 is 2.88 bits per heavy atom. The van der Waals surface area contributed by atoms with Crippen LogP contribution < -0.4 is 0 Å². The van der Waals surface area contributed by atoms with Crippen molar-refractivity contribution in [1.82, 2.24) is 4.98 Å². The molecular formula is C9H11ClN3PtS2. The Bertz CT molecular complexity index is 360. The molecule has 1 aromatic heterocycles. The van der Waals surface area contributed by atoms with E-state index < -0.39 is 0 Å². The molecule has 0 aromatic carbocycles. The fourth-order valence-corrected chi connectivity index (χ4v) is 0.995. The van der Waals surface area contributed by atoms with Crippen molar-refractivity contribution in [2.24, 2.45) is 5.10 Å². The predicted octanol–water partition coefficient (Wildman–Crippen LogP) is 2.51. The molecule has 0 aliphatic rings. The van der Waals surface area contributed by atoms with Gasteiger partial charge in [0.15, 0.2) is 16.5 Å². The summed E-state index contributed by atoms with van der Waals surface area (Å²) in [5.74, 6) is 0. The second-order valence-electron chi connectivity index (χ2n) is 2.54. The SMILES string of the molecule is CSC(=[SH+])[N-]N=Cc1cccc(C)n1.[Cl][Pt]. The number of nitrogens with zero attached hydrogens (tertiary/aromatic N) is 3. The first-order valence-electron chi connectivity index (χ1n) is 4.12. The summed E-state index contributed by atoms with van der Waals surface area (Å²) in [7, 11) is 4.61. The molecule has 7 heteroatoms. The van der Waals surface area contributed by atoms with Gasteiger partial charge in [0.05, 0.1) is 5.69 Å². The zero-order valence-corrected chi connectivity index (χ0v) is 13.4. The third-order valence-electron chi connectivity index (χ3n) is 1.43. The second-order valence-corrected chi connectivity index (χ2v) is 4.06. The van der Waals surface area contributed by atoms with Crippen LogP contribution in [0.2, 0.25) is 0 Å². The third-order valence-corrected chi connectivity index (χ3v) is 2.51. The fraction of sp³-hybridized carbons (Fsp3) is 0.222. The quantitative estimate of drug-likeness (QED) is 0.226. The van der Waals surface area contributed by atoms with Crippen LogP contribution in [0.3, 0.4) is 0 Å². The summed E-state index contributed by atoms with van der Waals surface area (Å²) in [4.78, 5) is 4.25. The topological polar surface area (TPSA) is 39.4 Å².